The lowest BCUT2D eigenvalue weighted by Gasteiger charge is -2.34. The molecule has 0 aliphatic carbocycles. The van der Waals surface area contributed by atoms with Crippen molar-refractivity contribution in [1.29, 1.82) is 0 Å². The number of carboxylic acid groups (broad SMARTS) is 1. The van der Waals surface area contributed by atoms with Crippen LogP contribution in [0.5, 0.6) is 5.75 Å². The molecule has 0 bridgehead atoms. The molecule has 9 heteroatoms. The van der Waals surface area contributed by atoms with E-state index in [9.17, 15) is 19.7 Å². The van der Waals surface area contributed by atoms with Crippen LogP contribution in [-0.4, -0.2) is 91.7 Å². The molecule has 0 saturated carbocycles. The summed E-state index contributed by atoms with van der Waals surface area (Å²) in [6.07, 6.45) is 0.652. The maximum absolute atomic E-state index is 12.5. The highest BCUT2D eigenvalue weighted by Gasteiger charge is 2.38. The van der Waals surface area contributed by atoms with E-state index in [2.05, 4.69) is 15.1 Å². The number of rotatable bonds is 8. The van der Waals surface area contributed by atoms with Gasteiger partial charge in [0.05, 0.1) is 12.1 Å². The number of benzene rings is 1. The van der Waals surface area contributed by atoms with Gasteiger partial charge in [-0.1, -0.05) is 12.1 Å². The molecule has 8 nitrogen and oxygen atoms in total. The van der Waals surface area contributed by atoms with E-state index in [1.807, 2.05) is 7.05 Å². The number of nitrogens with one attached hydrogen (secondary N) is 1. The first-order valence-corrected chi connectivity index (χ1v) is 9.79. The summed E-state index contributed by atoms with van der Waals surface area (Å²) in [5, 5.41) is 22.7. The highest BCUT2D eigenvalue weighted by molar-refractivity contribution is 6.47. The average Bonchev–Trinajstić information content (AvgIpc) is 2.67. The Hall–Kier alpha value is -1.94. The van der Waals surface area contributed by atoms with Crippen LogP contribution in [-0.2, 0) is 11.2 Å². The fourth-order valence-electron chi connectivity index (χ4n) is 3.87. The van der Waals surface area contributed by atoms with Crippen LogP contribution in [0.4, 0.5) is 0 Å². The van der Waals surface area contributed by atoms with Crippen molar-refractivity contribution in [3.05, 3.63) is 29.3 Å². The minimum atomic E-state index is -1.17. The first-order chi connectivity index (χ1) is 13.5. The molecule has 1 aromatic carbocycles. The van der Waals surface area contributed by atoms with E-state index in [0.717, 1.165) is 44.8 Å². The quantitative estimate of drug-likeness (QED) is 0.533. The summed E-state index contributed by atoms with van der Waals surface area (Å²) in [7, 11) is 0.773. The summed E-state index contributed by atoms with van der Waals surface area (Å²) in [5.41, 5.74) is 0.763. The topological polar surface area (TPSA) is 102 Å². The SMILES string of the molecule is CNCCN1CCN(CC(=O)C[C@H]2Cc3cccc(C(=O)O)c3OB2O)CC1. The first kappa shape index (κ1) is 20.8. The van der Waals surface area contributed by atoms with Gasteiger partial charge in [0.25, 0.3) is 0 Å². The normalized spacial score (nSPS) is 20.5. The van der Waals surface area contributed by atoms with Crippen LogP contribution in [0, 0.1) is 0 Å². The zero-order valence-electron chi connectivity index (χ0n) is 16.3. The maximum Gasteiger partial charge on any atom is 0.526 e. The number of nitrogens with zero attached hydrogens (tertiary/aromatic N) is 2. The molecule has 152 valence electrons. The van der Waals surface area contributed by atoms with E-state index >= 15 is 0 Å². The Bertz CT molecular complexity index is 709. The Morgan fingerprint density at radius 3 is 2.64 bits per heavy atom. The molecular formula is C19H28BN3O5. The number of hydrogen-bond acceptors (Lipinski definition) is 7. The molecule has 3 rings (SSSR count). The molecule has 1 fully saturated rings. The van der Waals surface area contributed by atoms with Crippen LogP contribution in [0.1, 0.15) is 22.3 Å². The predicted molar refractivity (Wildman–Crippen MR) is 106 cm³/mol. The summed E-state index contributed by atoms with van der Waals surface area (Å²) in [6.45, 7) is 6.00. The third kappa shape index (κ3) is 5.11. The van der Waals surface area contributed by atoms with Crippen molar-refractivity contribution in [2.45, 2.75) is 18.7 Å². The summed E-state index contributed by atoms with van der Waals surface area (Å²) in [4.78, 5) is 28.4. The minimum absolute atomic E-state index is 0.0393. The van der Waals surface area contributed by atoms with Crippen molar-refractivity contribution in [2.75, 3.05) is 52.9 Å². The number of carboxylic acids is 1. The van der Waals surface area contributed by atoms with E-state index < -0.39 is 13.1 Å². The number of aromatic carboxylic acids is 1. The number of ketones is 1. The van der Waals surface area contributed by atoms with Gasteiger partial charge in [0.2, 0.25) is 0 Å². The Balaban J connectivity index is 1.51. The molecule has 0 amide bonds. The fourth-order valence-corrected chi connectivity index (χ4v) is 3.87. The standard InChI is InChI=1S/C19H28BN3O5/c1-21-5-6-22-7-9-23(10-8-22)13-16(24)12-15-11-14-3-2-4-17(19(25)26)18(14)28-20(15)27/h2-4,15,21,27H,5-13H2,1H3,(H,25,26)/t15-/m1/s1. The molecular weight excluding hydrogens is 361 g/mol. The number of fused-ring (bicyclic) bond motifs is 1. The van der Waals surface area contributed by atoms with Crippen molar-refractivity contribution in [1.82, 2.24) is 15.1 Å². The minimum Gasteiger partial charge on any atom is -0.535 e. The second-order valence-electron chi connectivity index (χ2n) is 7.54. The van der Waals surface area contributed by atoms with Crippen LogP contribution in [0.25, 0.3) is 0 Å². The van der Waals surface area contributed by atoms with Gasteiger partial charge in [-0.25, -0.2) is 4.79 Å². The molecule has 28 heavy (non-hydrogen) atoms. The van der Waals surface area contributed by atoms with E-state index in [1.165, 1.54) is 6.07 Å². The molecule has 1 saturated heterocycles. The van der Waals surface area contributed by atoms with E-state index in [4.69, 9.17) is 4.65 Å². The van der Waals surface area contributed by atoms with Gasteiger partial charge in [-0.3, -0.25) is 14.6 Å². The average molecular weight is 389 g/mol. The third-order valence-corrected chi connectivity index (χ3v) is 5.48. The molecule has 0 unspecified atom stereocenters. The van der Waals surface area contributed by atoms with E-state index in [-0.39, 0.29) is 29.3 Å². The molecule has 1 aromatic rings. The van der Waals surface area contributed by atoms with Crippen molar-refractivity contribution >= 4 is 18.9 Å². The van der Waals surface area contributed by atoms with Gasteiger partial charge in [-0.2, -0.15) is 0 Å². The molecule has 3 N–H and O–H groups in total. The highest BCUT2D eigenvalue weighted by Crippen LogP contribution is 2.36. The smallest absolute Gasteiger partial charge is 0.526 e. The summed E-state index contributed by atoms with van der Waals surface area (Å²) in [5.74, 6) is -1.16. The predicted octanol–water partition coefficient (Wildman–Crippen LogP) is -0.0334. The van der Waals surface area contributed by atoms with E-state index in [1.54, 1.807) is 12.1 Å². The van der Waals surface area contributed by atoms with Crippen molar-refractivity contribution in [3.8, 4) is 5.75 Å². The van der Waals surface area contributed by atoms with Crippen molar-refractivity contribution < 1.29 is 24.4 Å². The molecule has 2 heterocycles. The lowest BCUT2D eigenvalue weighted by molar-refractivity contribution is -0.120. The summed E-state index contributed by atoms with van der Waals surface area (Å²) < 4.78 is 5.48. The molecule has 2 aliphatic rings. The van der Waals surface area contributed by atoms with Crippen LogP contribution < -0.4 is 9.97 Å². The number of Topliss-reactive ketones (excluding diaryl/α,β-unsaturated/α-hetero) is 1. The van der Waals surface area contributed by atoms with Crippen molar-refractivity contribution in [2.24, 2.45) is 0 Å². The number of para-hydroxylation sites is 1. The zero-order valence-corrected chi connectivity index (χ0v) is 16.3. The van der Waals surface area contributed by atoms with Crippen LogP contribution >= 0.6 is 0 Å². The van der Waals surface area contributed by atoms with Gasteiger partial charge >= 0.3 is 13.1 Å². The Morgan fingerprint density at radius 1 is 1.25 bits per heavy atom. The fraction of sp³-hybridized carbons (Fsp3) is 0.579. The van der Waals surface area contributed by atoms with Gasteiger partial charge in [-0.15, -0.1) is 0 Å². The molecule has 1 atom stereocenters. The van der Waals surface area contributed by atoms with Gasteiger partial charge in [0.15, 0.2) is 0 Å². The molecule has 0 aromatic heterocycles. The van der Waals surface area contributed by atoms with E-state index in [0.29, 0.717) is 13.0 Å². The Labute approximate surface area is 165 Å². The van der Waals surface area contributed by atoms with Gasteiger partial charge in [0, 0.05) is 51.5 Å². The van der Waals surface area contributed by atoms with Crippen LogP contribution in [0.3, 0.4) is 0 Å². The van der Waals surface area contributed by atoms with Gasteiger partial charge < -0.3 is 20.1 Å². The van der Waals surface area contributed by atoms with Crippen molar-refractivity contribution in [3.63, 3.8) is 0 Å². The van der Waals surface area contributed by atoms with Crippen LogP contribution in [0.2, 0.25) is 5.82 Å². The summed E-state index contributed by atoms with van der Waals surface area (Å²) in [6, 6.07) is 4.90. The third-order valence-electron chi connectivity index (χ3n) is 5.48. The number of carbonyl (C=O) groups excluding carboxylic acids is 1. The molecule has 0 radical (unpaired) electrons. The molecule has 2 aliphatic heterocycles. The number of hydrogen-bond donors (Lipinski definition) is 3. The Kier molecular flexibility index (Phi) is 7.06. The highest BCUT2D eigenvalue weighted by atomic mass is 16.5. The number of carbonyl (C=O) groups is 2. The Morgan fingerprint density at radius 2 is 1.96 bits per heavy atom. The lowest BCUT2D eigenvalue weighted by Crippen LogP contribution is -2.49. The number of likely N-dealkylation sites (N-methyl/N-ethyl adjacent to an activating group) is 1. The number of piperazine rings is 1. The maximum atomic E-state index is 12.5. The lowest BCUT2D eigenvalue weighted by atomic mass is 9.64. The summed E-state index contributed by atoms with van der Waals surface area (Å²) >= 11 is 0. The first-order valence-electron chi connectivity index (χ1n) is 9.79. The second kappa shape index (κ2) is 9.51. The second-order valence-corrected chi connectivity index (χ2v) is 7.54. The molecule has 0 spiro atoms. The largest absolute Gasteiger partial charge is 0.535 e. The van der Waals surface area contributed by atoms with Gasteiger partial charge in [-0.05, 0) is 25.1 Å². The zero-order chi connectivity index (χ0) is 20.1. The van der Waals surface area contributed by atoms with Gasteiger partial charge in [0.1, 0.15) is 11.5 Å². The van der Waals surface area contributed by atoms with Crippen LogP contribution in [0.15, 0.2) is 18.2 Å². The monoisotopic (exact) mass is 389 g/mol.